The number of piperidine rings is 1. The number of anilines is 1. The van der Waals surface area contributed by atoms with Crippen LogP contribution in [0, 0.1) is 12.7 Å². The van der Waals surface area contributed by atoms with Gasteiger partial charge in [0.15, 0.2) is 0 Å². The lowest BCUT2D eigenvalue weighted by atomic mass is 10.1. The van der Waals surface area contributed by atoms with Crippen molar-refractivity contribution >= 4 is 29.3 Å². The van der Waals surface area contributed by atoms with Crippen LogP contribution in [0.2, 0.25) is 0 Å². The number of nitrogens with zero attached hydrogens (tertiary/aromatic N) is 1. The summed E-state index contributed by atoms with van der Waals surface area (Å²) >= 11 is 1.37. The minimum absolute atomic E-state index is 0.00450. The molecular weight excluding hydrogens is 291 g/mol. The van der Waals surface area contributed by atoms with E-state index in [9.17, 15) is 14.0 Å². The Hall–Kier alpha value is -1.56. The number of amides is 2. The third kappa shape index (κ3) is 3.75. The summed E-state index contributed by atoms with van der Waals surface area (Å²) < 4.78 is 13.2. The Morgan fingerprint density at radius 3 is 2.95 bits per heavy atom. The quantitative estimate of drug-likeness (QED) is 0.926. The van der Waals surface area contributed by atoms with Gasteiger partial charge in [-0.05, 0) is 43.5 Å². The molecule has 1 saturated heterocycles. The third-order valence-corrected chi connectivity index (χ3v) is 4.80. The second kappa shape index (κ2) is 6.93. The molecule has 1 aliphatic rings. The van der Waals surface area contributed by atoms with E-state index in [0.29, 0.717) is 6.54 Å². The molecule has 1 heterocycles. The number of aryl methyl sites for hydroxylation is 1. The van der Waals surface area contributed by atoms with Gasteiger partial charge in [0.25, 0.3) is 0 Å². The maximum atomic E-state index is 13.2. The van der Waals surface area contributed by atoms with E-state index < -0.39 is 0 Å². The molecule has 0 radical (unpaired) electrons. The molecule has 1 aliphatic heterocycles. The number of carbonyl (C=O) groups excluding carboxylic acids is 2. The van der Waals surface area contributed by atoms with Gasteiger partial charge in [0.05, 0.1) is 11.0 Å². The lowest BCUT2D eigenvalue weighted by molar-refractivity contribution is -0.119. The van der Waals surface area contributed by atoms with Gasteiger partial charge in [-0.2, -0.15) is 0 Å². The fourth-order valence-electron chi connectivity index (χ4n) is 2.41. The SMILES string of the molecule is CNC(=O)CS[C@H]1CCCN(c2ccc(F)cc2C)C1=O. The maximum Gasteiger partial charge on any atom is 0.240 e. The molecule has 2 amide bonds. The van der Waals surface area contributed by atoms with Crippen LogP contribution in [0.5, 0.6) is 0 Å². The van der Waals surface area contributed by atoms with Crippen LogP contribution in [-0.2, 0) is 9.59 Å². The van der Waals surface area contributed by atoms with E-state index in [4.69, 9.17) is 0 Å². The molecule has 2 rings (SSSR count). The van der Waals surface area contributed by atoms with Crippen molar-refractivity contribution in [2.45, 2.75) is 25.0 Å². The van der Waals surface area contributed by atoms with Gasteiger partial charge in [-0.15, -0.1) is 11.8 Å². The molecule has 0 saturated carbocycles. The molecule has 0 spiro atoms. The topological polar surface area (TPSA) is 49.4 Å². The number of hydrogen-bond donors (Lipinski definition) is 1. The summed E-state index contributed by atoms with van der Waals surface area (Å²) in [4.78, 5) is 25.6. The second-order valence-electron chi connectivity index (χ2n) is 5.04. The molecule has 0 bridgehead atoms. The Morgan fingerprint density at radius 2 is 2.29 bits per heavy atom. The Bertz CT molecular complexity index is 550. The molecule has 4 nitrogen and oxygen atoms in total. The van der Waals surface area contributed by atoms with E-state index in [2.05, 4.69) is 5.32 Å². The Morgan fingerprint density at radius 1 is 1.52 bits per heavy atom. The number of halogens is 1. The molecule has 0 aliphatic carbocycles. The van der Waals surface area contributed by atoms with Crippen LogP contribution >= 0.6 is 11.8 Å². The third-order valence-electron chi connectivity index (χ3n) is 3.53. The van der Waals surface area contributed by atoms with Crippen molar-refractivity contribution in [2.75, 3.05) is 24.2 Å². The fraction of sp³-hybridized carbons (Fsp3) is 0.467. The normalized spacial score (nSPS) is 18.7. The molecule has 0 aromatic heterocycles. The predicted molar refractivity (Wildman–Crippen MR) is 83.0 cm³/mol. The predicted octanol–water partition coefficient (Wildman–Crippen LogP) is 2.11. The highest BCUT2D eigenvalue weighted by Gasteiger charge is 2.31. The summed E-state index contributed by atoms with van der Waals surface area (Å²) in [6, 6.07) is 4.45. The van der Waals surface area contributed by atoms with E-state index in [1.54, 1.807) is 24.9 Å². The standard InChI is InChI=1S/C15H19FN2O2S/c1-10-8-11(16)5-6-12(10)18-7-3-4-13(15(18)20)21-9-14(19)17-2/h5-6,8,13H,3-4,7,9H2,1-2H3,(H,17,19)/t13-/m0/s1. The van der Waals surface area contributed by atoms with E-state index in [-0.39, 0.29) is 28.6 Å². The Labute approximate surface area is 128 Å². The van der Waals surface area contributed by atoms with E-state index in [0.717, 1.165) is 24.1 Å². The van der Waals surface area contributed by atoms with Crippen molar-refractivity contribution in [2.24, 2.45) is 0 Å². The van der Waals surface area contributed by atoms with Crippen LogP contribution in [0.15, 0.2) is 18.2 Å². The first-order valence-corrected chi connectivity index (χ1v) is 7.97. The van der Waals surface area contributed by atoms with Crippen LogP contribution in [0.3, 0.4) is 0 Å². The monoisotopic (exact) mass is 310 g/mol. The van der Waals surface area contributed by atoms with Crippen molar-refractivity contribution in [3.63, 3.8) is 0 Å². The Balaban J connectivity index is 2.10. The van der Waals surface area contributed by atoms with Crippen molar-refractivity contribution in [3.8, 4) is 0 Å². The highest BCUT2D eigenvalue weighted by molar-refractivity contribution is 8.01. The van der Waals surface area contributed by atoms with Gasteiger partial charge in [-0.25, -0.2) is 4.39 Å². The summed E-state index contributed by atoms with van der Waals surface area (Å²) in [5.41, 5.74) is 1.51. The zero-order valence-corrected chi connectivity index (χ0v) is 13.0. The van der Waals surface area contributed by atoms with Gasteiger partial charge in [0.2, 0.25) is 11.8 Å². The van der Waals surface area contributed by atoms with Gasteiger partial charge >= 0.3 is 0 Å². The molecule has 1 aromatic carbocycles. The Kier molecular flexibility index (Phi) is 5.22. The summed E-state index contributed by atoms with van der Waals surface area (Å²) in [5, 5.41) is 2.34. The zero-order valence-electron chi connectivity index (χ0n) is 12.2. The van der Waals surface area contributed by atoms with Crippen LogP contribution in [-0.4, -0.2) is 36.4 Å². The molecule has 1 atom stereocenters. The average molecular weight is 310 g/mol. The lowest BCUT2D eigenvalue weighted by Gasteiger charge is -2.32. The highest BCUT2D eigenvalue weighted by Crippen LogP contribution is 2.29. The van der Waals surface area contributed by atoms with Crippen LogP contribution in [0.25, 0.3) is 0 Å². The van der Waals surface area contributed by atoms with Gasteiger partial charge < -0.3 is 10.2 Å². The molecule has 114 valence electrons. The van der Waals surface area contributed by atoms with Crippen LogP contribution in [0.1, 0.15) is 18.4 Å². The van der Waals surface area contributed by atoms with E-state index in [1.807, 2.05) is 0 Å². The number of nitrogens with one attached hydrogen (secondary N) is 1. The first-order chi connectivity index (χ1) is 10.0. The van der Waals surface area contributed by atoms with Gasteiger partial charge in [0, 0.05) is 19.3 Å². The summed E-state index contributed by atoms with van der Waals surface area (Å²) in [5.74, 6) is -0.0950. The minimum Gasteiger partial charge on any atom is -0.358 e. The number of hydrogen-bond acceptors (Lipinski definition) is 3. The van der Waals surface area contributed by atoms with Crippen molar-refractivity contribution in [1.82, 2.24) is 5.32 Å². The van der Waals surface area contributed by atoms with Crippen molar-refractivity contribution in [3.05, 3.63) is 29.6 Å². The van der Waals surface area contributed by atoms with Crippen LogP contribution < -0.4 is 10.2 Å². The van der Waals surface area contributed by atoms with Crippen LogP contribution in [0.4, 0.5) is 10.1 Å². The molecule has 6 heteroatoms. The van der Waals surface area contributed by atoms with E-state index in [1.165, 1.54) is 23.9 Å². The second-order valence-corrected chi connectivity index (χ2v) is 6.23. The first kappa shape index (κ1) is 15.8. The molecule has 21 heavy (non-hydrogen) atoms. The largest absolute Gasteiger partial charge is 0.358 e. The van der Waals surface area contributed by atoms with Gasteiger partial charge in [-0.3, -0.25) is 9.59 Å². The smallest absolute Gasteiger partial charge is 0.240 e. The van der Waals surface area contributed by atoms with Crippen molar-refractivity contribution < 1.29 is 14.0 Å². The average Bonchev–Trinajstić information content (AvgIpc) is 2.46. The fourth-order valence-corrected chi connectivity index (χ4v) is 3.51. The van der Waals surface area contributed by atoms with E-state index >= 15 is 0 Å². The molecule has 1 aromatic rings. The molecule has 1 N–H and O–H groups in total. The van der Waals surface area contributed by atoms with Gasteiger partial charge in [-0.1, -0.05) is 0 Å². The first-order valence-electron chi connectivity index (χ1n) is 6.92. The molecular formula is C15H19FN2O2S. The summed E-state index contributed by atoms with van der Waals surface area (Å²) in [7, 11) is 1.58. The highest BCUT2D eigenvalue weighted by atomic mass is 32.2. The summed E-state index contributed by atoms with van der Waals surface area (Å²) in [6.07, 6.45) is 1.66. The van der Waals surface area contributed by atoms with Gasteiger partial charge in [0.1, 0.15) is 5.82 Å². The number of rotatable bonds is 4. The molecule has 0 unspecified atom stereocenters. The number of carbonyl (C=O) groups is 2. The maximum absolute atomic E-state index is 13.2. The minimum atomic E-state index is -0.300. The number of benzene rings is 1. The number of thioether (sulfide) groups is 1. The lowest BCUT2D eigenvalue weighted by Crippen LogP contribution is -2.43. The summed E-state index contributed by atoms with van der Waals surface area (Å²) in [6.45, 7) is 2.44. The molecule has 1 fully saturated rings. The zero-order chi connectivity index (χ0) is 15.4. The van der Waals surface area contributed by atoms with Crippen molar-refractivity contribution in [1.29, 1.82) is 0 Å².